The molecule has 2 rings (SSSR count). The molecule has 0 atom stereocenters. The summed E-state index contributed by atoms with van der Waals surface area (Å²) in [5, 5.41) is 6.59. The molecule has 0 aliphatic heterocycles. The van der Waals surface area contributed by atoms with Crippen molar-refractivity contribution in [1.29, 1.82) is 0 Å². The Hall–Kier alpha value is -1.95. The van der Waals surface area contributed by atoms with E-state index < -0.39 is 0 Å². The summed E-state index contributed by atoms with van der Waals surface area (Å²) in [7, 11) is 3.78. The van der Waals surface area contributed by atoms with E-state index in [0.29, 0.717) is 0 Å². The van der Waals surface area contributed by atoms with Gasteiger partial charge >= 0.3 is 0 Å². The van der Waals surface area contributed by atoms with Gasteiger partial charge in [-0.05, 0) is 48.1 Å². The van der Waals surface area contributed by atoms with Crippen molar-refractivity contribution in [3.05, 3.63) is 54.1 Å². The highest BCUT2D eigenvalue weighted by atomic mass is 32.2. The number of halogens is 1. The average Bonchev–Trinajstić information content (AvgIpc) is 2.97. The molecule has 2 N–H and O–H groups in total. The summed E-state index contributed by atoms with van der Waals surface area (Å²) in [6.07, 6.45) is 5.12. The predicted octanol–water partition coefficient (Wildman–Crippen LogP) is 3.01. The molecular weight excluding hydrogens is 311 g/mol. The summed E-state index contributed by atoms with van der Waals surface area (Å²) in [6.45, 7) is 1.60. The largest absolute Gasteiger partial charge is 0.357 e. The normalized spacial score (nSPS) is 11.5. The van der Waals surface area contributed by atoms with Crippen LogP contribution < -0.4 is 10.6 Å². The van der Waals surface area contributed by atoms with E-state index in [0.717, 1.165) is 36.1 Å². The maximum absolute atomic E-state index is 12.8. The minimum absolute atomic E-state index is 0.190. The molecule has 0 saturated carbocycles. The van der Waals surface area contributed by atoms with Crippen LogP contribution in [-0.2, 0) is 13.6 Å². The topological polar surface area (TPSA) is 41.4 Å². The molecule has 0 unspecified atom stereocenters. The lowest BCUT2D eigenvalue weighted by Crippen LogP contribution is -2.37. The lowest BCUT2D eigenvalue weighted by molar-refractivity contribution is 0.626. The van der Waals surface area contributed by atoms with E-state index in [-0.39, 0.29) is 5.82 Å². The second kappa shape index (κ2) is 9.25. The first-order valence-corrected chi connectivity index (χ1v) is 8.59. The van der Waals surface area contributed by atoms with Gasteiger partial charge in [0.25, 0.3) is 0 Å². The smallest absolute Gasteiger partial charge is 0.191 e. The average molecular weight is 334 g/mol. The van der Waals surface area contributed by atoms with Gasteiger partial charge in [0.1, 0.15) is 5.82 Å². The van der Waals surface area contributed by atoms with Crippen molar-refractivity contribution in [3.63, 3.8) is 0 Å². The van der Waals surface area contributed by atoms with Crippen molar-refractivity contribution in [2.45, 2.75) is 17.9 Å². The van der Waals surface area contributed by atoms with E-state index in [1.807, 2.05) is 29.9 Å². The van der Waals surface area contributed by atoms with Crippen LogP contribution in [0.2, 0.25) is 0 Å². The molecule has 0 bridgehead atoms. The highest BCUT2D eigenvalue weighted by molar-refractivity contribution is 7.99. The monoisotopic (exact) mass is 334 g/mol. The molecular formula is C17H23FN4S. The number of nitrogens with one attached hydrogen (secondary N) is 2. The zero-order valence-corrected chi connectivity index (χ0v) is 14.4. The molecule has 124 valence electrons. The van der Waals surface area contributed by atoms with Gasteiger partial charge < -0.3 is 15.2 Å². The maximum atomic E-state index is 12.8. The van der Waals surface area contributed by atoms with Crippen LogP contribution in [-0.4, -0.2) is 29.9 Å². The fourth-order valence-electron chi connectivity index (χ4n) is 2.07. The quantitative estimate of drug-likeness (QED) is 0.354. The molecule has 0 amide bonds. The summed E-state index contributed by atoms with van der Waals surface area (Å²) < 4.78 is 14.8. The van der Waals surface area contributed by atoms with Crippen LogP contribution in [0, 0.1) is 5.82 Å². The minimum Gasteiger partial charge on any atom is -0.357 e. The van der Waals surface area contributed by atoms with Gasteiger partial charge in [-0.1, -0.05) is 0 Å². The van der Waals surface area contributed by atoms with Crippen molar-refractivity contribution in [1.82, 2.24) is 15.2 Å². The first-order chi connectivity index (χ1) is 11.2. The van der Waals surface area contributed by atoms with Crippen molar-refractivity contribution < 1.29 is 4.39 Å². The van der Waals surface area contributed by atoms with Gasteiger partial charge in [-0.3, -0.25) is 4.99 Å². The molecule has 0 saturated heterocycles. The third-order valence-electron chi connectivity index (χ3n) is 3.27. The molecule has 4 nitrogen and oxygen atoms in total. The van der Waals surface area contributed by atoms with Crippen LogP contribution in [0.3, 0.4) is 0 Å². The van der Waals surface area contributed by atoms with Gasteiger partial charge in [-0.2, -0.15) is 0 Å². The molecule has 2 aromatic rings. The molecule has 0 aliphatic rings. The highest BCUT2D eigenvalue weighted by Gasteiger charge is 2.00. The van der Waals surface area contributed by atoms with Crippen molar-refractivity contribution in [2.75, 3.05) is 19.3 Å². The lowest BCUT2D eigenvalue weighted by Gasteiger charge is -2.11. The van der Waals surface area contributed by atoms with Gasteiger partial charge in [0.2, 0.25) is 0 Å². The number of hydrogen-bond donors (Lipinski definition) is 2. The summed E-state index contributed by atoms with van der Waals surface area (Å²) >= 11 is 1.73. The summed E-state index contributed by atoms with van der Waals surface area (Å²) in [5.74, 6) is 1.60. The first kappa shape index (κ1) is 17.4. The van der Waals surface area contributed by atoms with Crippen LogP contribution >= 0.6 is 11.8 Å². The molecule has 0 spiro atoms. The molecule has 0 fully saturated rings. The molecule has 6 heteroatoms. The van der Waals surface area contributed by atoms with Crippen LogP contribution in [0.25, 0.3) is 0 Å². The number of benzene rings is 1. The number of guanidine groups is 1. The van der Waals surface area contributed by atoms with Crippen LogP contribution in [0.5, 0.6) is 0 Å². The van der Waals surface area contributed by atoms with Crippen molar-refractivity contribution >= 4 is 17.7 Å². The second-order valence-corrected chi connectivity index (χ2v) is 6.36. The Morgan fingerprint density at radius 1 is 1.22 bits per heavy atom. The summed E-state index contributed by atoms with van der Waals surface area (Å²) in [6, 6.07) is 8.70. The zero-order chi connectivity index (χ0) is 16.5. The van der Waals surface area contributed by atoms with Crippen LogP contribution in [0.1, 0.15) is 12.0 Å². The second-order valence-electron chi connectivity index (χ2n) is 5.19. The molecule has 1 aromatic heterocycles. The molecule has 23 heavy (non-hydrogen) atoms. The standard InChI is InChI=1S/C17H23FN4S/c1-19-17(21-12-14-8-10-22(2)13-14)20-9-3-11-23-16-6-4-15(18)5-7-16/h4-8,10,13H,3,9,11-12H2,1-2H3,(H2,19,20,21). The Balaban J connectivity index is 1.61. The Morgan fingerprint density at radius 3 is 2.65 bits per heavy atom. The zero-order valence-electron chi connectivity index (χ0n) is 13.6. The fourth-order valence-corrected chi connectivity index (χ4v) is 2.92. The molecule has 0 radical (unpaired) electrons. The molecule has 0 aliphatic carbocycles. The van der Waals surface area contributed by atoms with Gasteiger partial charge in [0, 0.05) is 44.5 Å². The Morgan fingerprint density at radius 2 is 2.00 bits per heavy atom. The van der Waals surface area contributed by atoms with Crippen LogP contribution in [0.15, 0.2) is 52.6 Å². The Kier molecular flexibility index (Phi) is 7.00. The van der Waals surface area contributed by atoms with E-state index >= 15 is 0 Å². The molecule has 1 heterocycles. The van der Waals surface area contributed by atoms with E-state index in [1.165, 1.54) is 17.7 Å². The van der Waals surface area contributed by atoms with E-state index in [9.17, 15) is 4.39 Å². The number of aromatic nitrogens is 1. The third-order valence-corrected chi connectivity index (χ3v) is 4.37. The third kappa shape index (κ3) is 6.36. The number of thioether (sulfide) groups is 1. The number of nitrogens with zero attached hydrogens (tertiary/aromatic N) is 2. The molecule has 1 aromatic carbocycles. The van der Waals surface area contributed by atoms with Crippen molar-refractivity contribution in [2.24, 2.45) is 12.0 Å². The first-order valence-electron chi connectivity index (χ1n) is 7.61. The fraction of sp³-hybridized carbons (Fsp3) is 0.353. The number of aliphatic imine (C=N–C) groups is 1. The number of rotatable bonds is 7. The number of aryl methyl sites for hydroxylation is 1. The van der Waals surface area contributed by atoms with Gasteiger partial charge in [-0.25, -0.2) is 4.39 Å². The Labute approximate surface area is 141 Å². The van der Waals surface area contributed by atoms with E-state index in [2.05, 4.69) is 27.9 Å². The Bertz CT molecular complexity index is 622. The van der Waals surface area contributed by atoms with E-state index in [4.69, 9.17) is 0 Å². The number of hydrogen-bond acceptors (Lipinski definition) is 2. The SMILES string of the molecule is CN=C(NCCCSc1ccc(F)cc1)NCc1ccn(C)c1. The summed E-state index contributed by atoms with van der Waals surface area (Å²) in [4.78, 5) is 5.31. The van der Waals surface area contributed by atoms with Crippen LogP contribution in [0.4, 0.5) is 4.39 Å². The minimum atomic E-state index is -0.190. The van der Waals surface area contributed by atoms with Gasteiger partial charge in [-0.15, -0.1) is 11.8 Å². The van der Waals surface area contributed by atoms with Gasteiger partial charge in [0.05, 0.1) is 0 Å². The summed E-state index contributed by atoms with van der Waals surface area (Å²) in [5.41, 5.74) is 1.22. The van der Waals surface area contributed by atoms with Crippen molar-refractivity contribution in [3.8, 4) is 0 Å². The van der Waals surface area contributed by atoms with E-state index in [1.54, 1.807) is 18.8 Å². The highest BCUT2D eigenvalue weighted by Crippen LogP contribution is 2.18. The maximum Gasteiger partial charge on any atom is 0.191 e. The predicted molar refractivity (Wildman–Crippen MR) is 95.4 cm³/mol. The van der Waals surface area contributed by atoms with Gasteiger partial charge in [0.15, 0.2) is 5.96 Å². The lowest BCUT2D eigenvalue weighted by atomic mass is 10.3.